The quantitative estimate of drug-likeness (QED) is 0.148. The second kappa shape index (κ2) is 19.8. The minimum atomic E-state index is -0.0387. The Labute approximate surface area is 533 Å². The second-order valence-electron chi connectivity index (χ2n) is 24.7. The van der Waals surface area contributed by atoms with E-state index in [9.17, 15) is 0 Å². The zero-order valence-electron chi connectivity index (χ0n) is 50.0. The van der Waals surface area contributed by atoms with Crippen molar-refractivity contribution in [3.05, 3.63) is 328 Å². The highest BCUT2D eigenvalue weighted by atomic mass is 15.2. The molecule has 0 radical (unpaired) electrons. The minimum Gasteiger partial charge on any atom is -0.311 e. The van der Waals surface area contributed by atoms with Gasteiger partial charge < -0.3 is 28.7 Å². The summed E-state index contributed by atoms with van der Waals surface area (Å²) in [6.45, 7) is -0.0236. The number of nitrogens with zero attached hydrogens (tertiary/aromatic N) is 6. The molecule has 0 N–H and O–H groups in total. The fourth-order valence-corrected chi connectivity index (χ4v) is 16.4. The van der Waals surface area contributed by atoms with Crippen molar-refractivity contribution >= 4 is 158 Å². The third-order valence-electron chi connectivity index (χ3n) is 20.0. The molecule has 2 aromatic heterocycles. The highest BCUT2D eigenvalue weighted by Gasteiger charge is 2.46. The third kappa shape index (κ3) is 7.23. The average molecular weight is 1170 g/mol. The highest BCUT2D eigenvalue weighted by molar-refractivity contribution is 7.01. The summed E-state index contributed by atoms with van der Waals surface area (Å²) in [6.07, 6.45) is 0. The molecule has 92 heavy (non-hydrogen) atoms. The van der Waals surface area contributed by atoms with Gasteiger partial charge in [0, 0.05) is 89.8 Å². The maximum absolute atomic E-state index is 2.53. The standard InChI is InChI=1S/C84H54B2N6/c1-4-25-57(26-5-1)87-73-41-18-13-35-66(73)85-68-51-49-61(54-81(68)88(58-27-6-2-7-28-58)76-44-22-43-75(87)82(76)85)89-70-38-15-10-34-64(70)65-50-48-56(53-80(65)89)55-24-20-31-60(52-55)90-74-42-19-14-36-67(74)86-69-37-21-47-79(92-71-39-16-11-32-62(71)63-33-12-17-40-72(63)92)84(69)91(59-29-8-3-9-30-59)78-46-23-45-77(90)83(78)86/h1-54H. The van der Waals surface area contributed by atoms with Gasteiger partial charge in [-0.1, -0.05) is 200 Å². The molecule has 0 saturated heterocycles. The molecule has 426 valence electrons. The van der Waals surface area contributed by atoms with Crippen LogP contribution in [0.1, 0.15) is 0 Å². The molecule has 4 aliphatic rings. The van der Waals surface area contributed by atoms with E-state index in [0.29, 0.717) is 0 Å². The lowest BCUT2D eigenvalue weighted by Crippen LogP contribution is -2.61. The topological polar surface area (TPSA) is 22.8 Å². The average Bonchev–Trinajstić information content (AvgIpc) is 0.726. The number of para-hydroxylation sites is 9. The van der Waals surface area contributed by atoms with Crippen molar-refractivity contribution in [2.24, 2.45) is 0 Å². The number of rotatable bonds is 7. The molecule has 14 aromatic carbocycles. The van der Waals surface area contributed by atoms with Crippen LogP contribution < -0.4 is 52.4 Å². The SMILES string of the molecule is c1ccc(N2c3ccccc3B3c4ccc(-n5c6ccccc6c6ccc(-c7cccc(N8c9ccccc9B9c%10cccc(-n%11c%12ccccc%12c%12ccccc%12%11)c%10N(c%10ccccc%10)c%10cccc8c%109)c7)cc65)cc4N(c4ccccc4)c4cccc2c43)cc1. The van der Waals surface area contributed by atoms with Crippen molar-refractivity contribution in [1.29, 1.82) is 0 Å². The number of hydrogen-bond acceptors (Lipinski definition) is 4. The first-order valence-electron chi connectivity index (χ1n) is 31.9. The van der Waals surface area contributed by atoms with Gasteiger partial charge in [-0.2, -0.15) is 0 Å². The summed E-state index contributed by atoms with van der Waals surface area (Å²) in [7, 11) is 0. The van der Waals surface area contributed by atoms with Gasteiger partial charge in [0.25, 0.3) is 13.4 Å². The predicted molar refractivity (Wildman–Crippen MR) is 389 cm³/mol. The van der Waals surface area contributed by atoms with Gasteiger partial charge in [-0.3, -0.25) is 0 Å². The van der Waals surface area contributed by atoms with E-state index in [-0.39, 0.29) is 13.4 Å². The Bertz CT molecular complexity index is 5670. The molecule has 0 aliphatic carbocycles. The minimum absolute atomic E-state index is 0.0151. The molecule has 0 saturated carbocycles. The predicted octanol–water partition coefficient (Wildman–Crippen LogP) is 17.7. The van der Waals surface area contributed by atoms with Crippen molar-refractivity contribution in [2.45, 2.75) is 0 Å². The fourth-order valence-electron chi connectivity index (χ4n) is 16.4. The van der Waals surface area contributed by atoms with Crippen molar-refractivity contribution in [3.63, 3.8) is 0 Å². The van der Waals surface area contributed by atoms with E-state index in [1.807, 2.05) is 0 Å². The molecule has 6 heterocycles. The Balaban J connectivity index is 0.741. The van der Waals surface area contributed by atoms with E-state index in [4.69, 9.17) is 0 Å². The molecule has 0 unspecified atom stereocenters. The van der Waals surface area contributed by atoms with E-state index in [1.54, 1.807) is 0 Å². The van der Waals surface area contributed by atoms with Gasteiger partial charge in [0.05, 0.1) is 33.4 Å². The lowest BCUT2D eigenvalue weighted by Gasteiger charge is -2.44. The smallest absolute Gasteiger partial charge is 0.252 e. The molecule has 0 atom stereocenters. The molecule has 16 aromatic rings. The molecule has 0 fully saturated rings. The van der Waals surface area contributed by atoms with Crippen molar-refractivity contribution < 1.29 is 0 Å². The fraction of sp³-hybridized carbons (Fsp3) is 0. The molecule has 0 spiro atoms. The van der Waals surface area contributed by atoms with Crippen molar-refractivity contribution in [3.8, 4) is 22.5 Å². The largest absolute Gasteiger partial charge is 0.311 e. The maximum Gasteiger partial charge on any atom is 0.252 e. The maximum atomic E-state index is 2.53. The zero-order chi connectivity index (χ0) is 60.1. The van der Waals surface area contributed by atoms with Crippen LogP contribution in [0.3, 0.4) is 0 Å². The Morgan fingerprint density at radius 3 is 1.18 bits per heavy atom. The summed E-state index contributed by atoms with van der Waals surface area (Å²) >= 11 is 0. The van der Waals surface area contributed by atoms with Crippen LogP contribution in [-0.4, -0.2) is 22.6 Å². The molecular formula is C84H54B2N6. The molecule has 0 amide bonds. The number of anilines is 12. The Hall–Kier alpha value is -12.0. The van der Waals surface area contributed by atoms with Crippen molar-refractivity contribution in [2.75, 3.05) is 19.6 Å². The van der Waals surface area contributed by atoms with Gasteiger partial charge in [-0.05, 0) is 171 Å². The van der Waals surface area contributed by atoms with Gasteiger partial charge >= 0.3 is 0 Å². The van der Waals surface area contributed by atoms with Crippen LogP contribution >= 0.6 is 0 Å². The normalized spacial score (nSPS) is 13.3. The number of aromatic nitrogens is 2. The van der Waals surface area contributed by atoms with Crippen LogP contribution in [-0.2, 0) is 0 Å². The van der Waals surface area contributed by atoms with Gasteiger partial charge in [0.15, 0.2) is 0 Å². The molecule has 20 rings (SSSR count). The van der Waals surface area contributed by atoms with E-state index in [0.717, 1.165) is 50.8 Å². The summed E-state index contributed by atoms with van der Waals surface area (Å²) in [5, 5.41) is 4.93. The molecular weight excluding hydrogens is 1110 g/mol. The molecule has 4 aliphatic heterocycles. The van der Waals surface area contributed by atoms with Crippen LogP contribution in [0.2, 0.25) is 0 Å². The number of benzene rings is 14. The Morgan fingerprint density at radius 2 is 0.587 bits per heavy atom. The summed E-state index contributed by atoms with van der Waals surface area (Å²) in [5.41, 5.74) is 31.0. The van der Waals surface area contributed by atoms with E-state index < -0.39 is 0 Å². The summed E-state index contributed by atoms with van der Waals surface area (Å²) in [5.74, 6) is 0. The van der Waals surface area contributed by atoms with Crippen molar-refractivity contribution in [1.82, 2.24) is 9.13 Å². The Kier molecular flexibility index (Phi) is 10.9. The first kappa shape index (κ1) is 51.0. The molecule has 6 nitrogen and oxygen atoms in total. The summed E-state index contributed by atoms with van der Waals surface area (Å²) < 4.78 is 4.99. The molecule has 8 heteroatoms. The van der Waals surface area contributed by atoms with Gasteiger partial charge in [0.1, 0.15) is 0 Å². The van der Waals surface area contributed by atoms with Gasteiger partial charge in [0.2, 0.25) is 0 Å². The monoisotopic (exact) mass is 1170 g/mol. The van der Waals surface area contributed by atoms with Gasteiger partial charge in [-0.15, -0.1) is 0 Å². The lowest BCUT2D eigenvalue weighted by atomic mass is 9.33. The number of fused-ring (bicyclic) bond motifs is 14. The highest BCUT2D eigenvalue weighted by Crippen LogP contribution is 2.49. The lowest BCUT2D eigenvalue weighted by molar-refractivity contribution is 1.15. The Morgan fingerprint density at radius 1 is 0.196 bits per heavy atom. The van der Waals surface area contributed by atoms with E-state index >= 15 is 0 Å². The van der Waals surface area contributed by atoms with Crippen LogP contribution in [0.4, 0.5) is 68.2 Å². The van der Waals surface area contributed by atoms with E-state index in [1.165, 1.54) is 116 Å². The first-order valence-corrected chi connectivity index (χ1v) is 31.9. The zero-order valence-corrected chi connectivity index (χ0v) is 50.0. The van der Waals surface area contributed by atoms with Crippen LogP contribution in [0.25, 0.3) is 66.1 Å². The third-order valence-corrected chi connectivity index (χ3v) is 20.0. The van der Waals surface area contributed by atoms with E-state index in [2.05, 4.69) is 356 Å². The first-order chi connectivity index (χ1) is 45.7. The van der Waals surface area contributed by atoms with Crippen LogP contribution in [0, 0.1) is 0 Å². The number of hydrogen-bond donors (Lipinski definition) is 0. The summed E-state index contributed by atoms with van der Waals surface area (Å²) in [4.78, 5) is 10.0. The summed E-state index contributed by atoms with van der Waals surface area (Å²) in [6, 6.07) is 122. The second-order valence-corrected chi connectivity index (χ2v) is 24.7. The molecule has 0 bridgehead atoms. The van der Waals surface area contributed by atoms with Crippen LogP contribution in [0.15, 0.2) is 328 Å². The van der Waals surface area contributed by atoms with Gasteiger partial charge in [-0.25, -0.2) is 0 Å². The van der Waals surface area contributed by atoms with Crippen LogP contribution in [0.5, 0.6) is 0 Å².